The Morgan fingerprint density at radius 1 is 0.495 bits per heavy atom. The number of nitrogens with zero attached hydrogens (tertiary/aromatic N) is 1. The number of hydrogen-bond acceptors (Lipinski definition) is 17. The molecule has 2 aromatic carbocycles. The van der Waals surface area contributed by atoms with Crippen LogP contribution < -0.4 is 29.2 Å². The molecule has 1 aliphatic heterocycles. The molecule has 2 N–H and O–H groups in total. The molecular formula is C79H121B3Br3FNO8S8. The van der Waals surface area contributed by atoms with Gasteiger partial charge in [0.15, 0.2) is 0 Å². The molecule has 575 valence electrons. The maximum absolute atomic E-state index is 9.96. The van der Waals surface area contributed by atoms with E-state index in [2.05, 4.69) is 238 Å². The van der Waals surface area contributed by atoms with Gasteiger partial charge >= 0.3 is 39.0 Å². The zero-order chi connectivity index (χ0) is 81.4. The van der Waals surface area contributed by atoms with Gasteiger partial charge in [-0.15, -0.1) is 56.7 Å². The van der Waals surface area contributed by atoms with Gasteiger partial charge in [0, 0.05) is 29.2 Å². The summed E-state index contributed by atoms with van der Waals surface area (Å²) in [7, 11) is 4.73. The molecule has 8 heterocycles. The molecule has 0 spiro atoms. The van der Waals surface area contributed by atoms with Crippen molar-refractivity contribution in [2.45, 2.75) is 245 Å². The fourth-order valence-electron chi connectivity index (χ4n) is 8.51. The predicted molar refractivity (Wildman–Crippen MR) is 481 cm³/mol. The van der Waals surface area contributed by atoms with E-state index in [1.807, 2.05) is 147 Å². The first-order valence-electron chi connectivity index (χ1n) is 35.3. The summed E-state index contributed by atoms with van der Waals surface area (Å²) < 4.78 is 57.5. The quantitative estimate of drug-likeness (QED) is 0.0868. The van der Waals surface area contributed by atoms with Crippen LogP contribution in [0.3, 0.4) is 0 Å². The Morgan fingerprint density at radius 2 is 0.825 bits per heavy atom. The summed E-state index contributed by atoms with van der Waals surface area (Å²) in [6.45, 7) is 66.5. The Kier molecular flexibility index (Phi) is 53.4. The van der Waals surface area contributed by atoms with Crippen LogP contribution in [0.25, 0.3) is 29.9 Å². The second-order valence-electron chi connectivity index (χ2n) is 23.4. The number of aryl methyl sites for hydroxylation is 5. The fourth-order valence-corrected chi connectivity index (χ4v) is 19.2. The number of alkyl halides is 1. The average Bonchev–Trinajstić information content (AvgIpc) is 1.62. The van der Waals surface area contributed by atoms with Crippen molar-refractivity contribution in [3.8, 4) is 52.9 Å². The third-order valence-corrected chi connectivity index (χ3v) is 27.5. The van der Waals surface area contributed by atoms with Crippen molar-refractivity contribution >= 4 is 172 Å². The number of thiophene rings is 7. The number of methoxy groups -OCH3 is 2. The SMILES string of the molecule is CC.CC.CC.CC.CC.COc1cccc(OC(C)C)c1-c1sc(-c2scc(C)c2C)c(C)c1C.COc1cccc(OC(C)C)c1B(O)O.Cc1c(Br)sc(Br)c1C.Cc1csc(-c2sc(Br)c(C)c2C)c1C.Cc1csc(B2OC(C)(C)C(C)(C)O2)c1C.Cc1cscc1C.[2H]CF.[B]=NS. The van der Waals surface area contributed by atoms with E-state index in [0.717, 1.165) is 17.1 Å². The van der Waals surface area contributed by atoms with Crippen LogP contribution in [-0.4, -0.2) is 76.7 Å². The Bertz CT molecular complexity index is 3800. The second-order valence-corrected chi connectivity index (χ2v) is 34.0. The molecule has 0 amide bonds. The van der Waals surface area contributed by atoms with E-state index in [1.54, 1.807) is 59.3 Å². The number of thiol groups is 1. The van der Waals surface area contributed by atoms with Crippen molar-refractivity contribution in [2.75, 3.05) is 21.4 Å². The van der Waals surface area contributed by atoms with Crippen LogP contribution in [0, 0.1) is 96.9 Å². The predicted octanol–water partition coefficient (Wildman–Crippen LogP) is 27.6. The summed E-state index contributed by atoms with van der Waals surface area (Å²) in [4.78, 5) is 6.82. The third kappa shape index (κ3) is 31.2. The molecule has 7 aromatic heterocycles. The summed E-state index contributed by atoms with van der Waals surface area (Å²) in [5.41, 5.74) is 19.9. The van der Waals surface area contributed by atoms with Gasteiger partial charge in [0.05, 0.1) is 68.5 Å². The van der Waals surface area contributed by atoms with E-state index in [9.17, 15) is 14.4 Å². The third-order valence-electron chi connectivity index (χ3n) is 15.7. The topological polar surface area (TPSA) is 108 Å². The first-order chi connectivity index (χ1) is 48.9. The van der Waals surface area contributed by atoms with Gasteiger partial charge in [0.25, 0.3) is 0 Å². The molecule has 1 fully saturated rings. The van der Waals surface area contributed by atoms with Crippen molar-refractivity contribution in [1.82, 2.24) is 0 Å². The van der Waals surface area contributed by atoms with Crippen LogP contribution in [0.4, 0.5) is 4.39 Å². The minimum atomic E-state index is -1.60. The number of rotatable bonds is 11. The molecule has 0 saturated carbocycles. The van der Waals surface area contributed by atoms with Crippen LogP contribution in [0.1, 0.15) is 204 Å². The first-order valence-corrected chi connectivity index (χ1v) is 43.4. The molecule has 10 rings (SSSR count). The van der Waals surface area contributed by atoms with Gasteiger partial charge in [-0.2, -0.15) is 22.7 Å². The first kappa shape index (κ1) is 102. The minimum absolute atomic E-state index is 0.0328. The average molecular weight is 1760 g/mol. The van der Waals surface area contributed by atoms with E-state index in [-0.39, 0.29) is 36.0 Å². The molecular weight excluding hydrogens is 1640 g/mol. The van der Waals surface area contributed by atoms with E-state index in [1.165, 1.54) is 126 Å². The van der Waals surface area contributed by atoms with Crippen LogP contribution >= 0.6 is 140 Å². The number of ether oxygens (including phenoxy) is 4. The van der Waals surface area contributed by atoms with E-state index >= 15 is 0 Å². The Balaban J connectivity index is -0.00000117. The molecule has 1 radical (unpaired) electrons. The van der Waals surface area contributed by atoms with Gasteiger partial charge in [-0.05, 0) is 329 Å². The van der Waals surface area contributed by atoms with E-state index in [0.29, 0.717) is 11.5 Å². The molecule has 103 heavy (non-hydrogen) atoms. The summed E-state index contributed by atoms with van der Waals surface area (Å²) in [5, 5.41) is 29.4. The maximum atomic E-state index is 9.96. The van der Waals surface area contributed by atoms with Gasteiger partial charge in [-0.1, -0.05) is 81.4 Å². The molecule has 1 saturated heterocycles. The van der Waals surface area contributed by atoms with Gasteiger partial charge in [0.1, 0.15) is 23.0 Å². The molecule has 0 unspecified atom stereocenters. The van der Waals surface area contributed by atoms with E-state index in [4.69, 9.17) is 29.6 Å². The standard InChI is InChI=1S/C22H26O2S2.C12H19BO2S.C12H13BrS2.C10H15BO4.C6H6Br2S.C6H8S.5C2H6.CH3F.BHNS/c1-12(2)24-18-10-8-9-17(23-7)19(18)20-15(5)16(6)22(26-20)21-14(4)13(3)11-25-21;1-8-7-16-10(9(8)2)13-14-11(3,4)12(5,6)15-13;1-6-5-14-10(7(6)2)11-8(3)9(4)12(13)15-11;1-7(2)15-9-6-4-5-8(14-3)10(9)11(12)13;1-3-4(2)6(8)9-5(3)7;1-5-3-7-4-6(5)2;6*1-2;1-2-3/h8-12H,1-7H3;7H,1-6H3;5H,1-4H3;4-7,12-13H,1-3H3;1-2H3;3-4H,1-2H3;5*1-2H3;1H3;3H/i;;;;;;;;;;;1D;. The molecule has 0 atom stereocenters. The zero-order valence-electron chi connectivity index (χ0n) is 69.1. The van der Waals surface area contributed by atoms with Gasteiger partial charge in [0.2, 0.25) is 0 Å². The van der Waals surface area contributed by atoms with Crippen LogP contribution in [0.15, 0.2) is 79.0 Å². The normalized spacial score (nSPS) is 11.6. The van der Waals surface area contributed by atoms with Gasteiger partial charge in [-0.3, -0.25) is 4.39 Å². The van der Waals surface area contributed by atoms with Gasteiger partial charge < -0.3 is 38.3 Å². The van der Waals surface area contributed by atoms with Crippen molar-refractivity contribution in [2.24, 2.45) is 4.30 Å². The summed E-state index contributed by atoms with van der Waals surface area (Å²) in [6.07, 6.45) is 0.0819. The number of halogens is 4. The van der Waals surface area contributed by atoms with Crippen molar-refractivity contribution in [1.29, 1.82) is 0 Å². The molecule has 0 bridgehead atoms. The summed E-state index contributed by atoms with van der Waals surface area (Å²) in [5.74, 6) is 2.58. The Hall–Kier alpha value is -2.91. The van der Waals surface area contributed by atoms with Crippen LogP contribution in [0.5, 0.6) is 23.0 Å². The molecule has 0 aliphatic carbocycles. The summed E-state index contributed by atoms with van der Waals surface area (Å²) in [6, 6.07) is 11.1. The van der Waals surface area contributed by atoms with Crippen LogP contribution in [0.2, 0.25) is 0 Å². The molecule has 9 aromatic rings. The summed E-state index contributed by atoms with van der Waals surface area (Å²) >= 11 is 26.3. The molecule has 9 nitrogen and oxygen atoms in total. The fraction of sp³-hybridized carbons (Fsp3) is 0.494. The second kappa shape index (κ2) is 53.8. The zero-order valence-corrected chi connectivity index (χ0v) is 79.4. The van der Waals surface area contributed by atoms with Crippen LogP contribution in [-0.2, 0) is 9.31 Å². The number of benzene rings is 2. The van der Waals surface area contributed by atoms with Crippen molar-refractivity contribution < 1.29 is 44.1 Å². The number of hydrogen-bond donors (Lipinski definition) is 3. The van der Waals surface area contributed by atoms with Crippen molar-refractivity contribution in [3.05, 3.63) is 153 Å². The monoisotopic (exact) mass is 1760 g/mol. The Morgan fingerprint density at radius 3 is 1.14 bits per heavy atom. The van der Waals surface area contributed by atoms with E-state index < -0.39 is 14.3 Å². The molecule has 24 heteroatoms. The Labute approximate surface area is 685 Å². The molecule has 1 aliphatic rings. The van der Waals surface area contributed by atoms with Gasteiger partial charge in [-0.25, -0.2) is 0 Å². The van der Waals surface area contributed by atoms with Crippen molar-refractivity contribution in [3.63, 3.8) is 0 Å².